The Balaban J connectivity index is 1.35. The minimum Gasteiger partial charge on any atom is -0.493 e. The van der Waals surface area contributed by atoms with Crippen molar-refractivity contribution in [3.63, 3.8) is 0 Å². The SMILES string of the molecule is CCCn1c2ccccc2c2nnc(N/N=C/c3cc(Br)c(OCc4ccccc4Cl)c(OC)c3)nc21. The van der Waals surface area contributed by atoms with Crippen LogP contribution in [0.25, 0.3) is 22.1 Å². The minimum atomic E-state index is 0.311. The van der Waals surface area contributed by atoms with Gasteiger partial charge in [-0.25, -0.2) is 5.43 Å². The first kappa shape index (κ1) is 25.0. The summed E-state index contributed by atoms with van der Waals surface area (Å²) in [5.74, 6) is 1.45. The number of methoxy groups -OCH3 is 1. The normalized spacial score (nSPS) is 11.5. The largest absolute Gasteiger partial charge is 0.493 e. The van der Waals surface area contributed by atoms with Gasteiger partial charge in [-0.05, 0) is 52.2 Å². The molecule has 0 aliphatic rings. The summed E-state index contributed by atoms with van der Waals surface area (Å²) >= 11 is 9.83. The summed E-state index contributed by atoms with van der Waals surface area (Å²) in [5.41, 5.74) is 7.21. The molecule has 0 atom stereocenters. The Morgan fingerprint density at radius 2 is 1.92 bits per heavy atom. The van der Waals surface area contributed by atoms with E-state index in [1.165, 1.54) is 0 Å². The second-order valence-corrected chi connectivity index (χ2v) is 9.52. The van der Waals surface area contributed by atoms with E-state index in [1.807, 2.05) is 54.6 Å². The molecule has 10 heteroatoms. The van der Waals surface area contributed by atoms with E-state index in [9.17, 15) is 0 Å². The lowest BCUT2D eigenvalue weighted by Crippen LogP contribution is -2.03. The molecule has 3 aromatic carbocycles. The second-order valence-electron chi connectivity index (χ2n) is 8.26. The summed E-state index contributed by atoms with van der Waals surface area (Å²) in [6, 6.07) is 19.4. The molecule has 0 amide bonds. The molecule has 0 fully saturated rings. The van der Waals surface area contributed by atoms with Crippen LogP contribution in [0.1, 0.15) is 24.5 Å². The smallest absolute Gasteiger partial charge is 0.265 e. The van der Waals surface area contributed by atoms with Gasteiger partial charge in [0.1, 0.15) is 12.1 Å². The van der Waals surface area contributed by atoms with Crippen LogP contribution >= 0.6 is 27.5 Å². The second kappa shape index (κ2) is 11.1. The first-order valence-electron chi connectivity index (χ1n) is 11.7. The number of aryl methyl sites for hydroxylation is 1. The number of hydrazone groups is 1. The fourth-order valence-electron chi connectivity index (χ4n) is 4.09. The highest BCUT2D eigenvalue weighted by molar-refractivity contribution is 9.10. The molecule has 0 aliphatic heterocycles. The molecule has 0 spiro atoms. The van der Waals surface area contributed by atoms with Crippen molar-refractivity contribution in [3.05, 3.63) is 81.3 Å². The zero-order valence-electron chi connectivity index (χ0n) is 20.3. The molecule has 37 heavy (non-hydrogen) atoms. The molecule has 0 bridgehead atoms. The van der Waals surface area contributed by atoms with Crippen molar-refractivity contribution in [1.82, 2.24) is 19.7 Å². The monoisotopic (exact) mass is 578 g/mol. The van der Waals surface area contributed by atoms with Crippen molar-refractivity contribution in [2.24, 2.45) is 5.10 Å². The van der Waals surface area contributed by atoms with Gasteiger partial charge in [-0.1, -0.05) is 54.9 Å². The number of hydrogen-bond acceptors (Lipinski definition) is 7. The lowest BCUT2D eigenvalue weighted by molar-refractivity contribution is 0.282. The third-order valence-corrected chi connectivity index (χ3v) is 6.74. The van der Waals surface area contributed by atoms with Gasteiger partial charge in [0.15, 0.2) is 17.1 Å². The van der Waals surface area contributed by atoms with Gasteiger partial charge in [0.2, 0.25) is 0 Å². The maximum Gasteiger partial charge on any atom is 0.265 e. The van der Waals surface area contributed by atoms with E-state index in [1.54, 1.807) is 13.3 Å². The van der Waals surface area contributed by atoms with Crippen molar-refractivity contribution < 1.29 is 9.47 Å². The highest BCUT2D eigenvalue weighted by Crippen LogP contribution is 2.37. The van der Waals surface area contributed by atoms with Crippen molar-refractivity contribution in [3.8, 4) is 11.5 Å². The van der Waals surface area contributed by atoms with Gasteiger partial charge in [-0.3, -0.25) is 0 Å². The molecule has 0 radical (unpaired) electrons. The van der Waals surface area contributed by atoms with E-state index in [2.05, 4.69) is 59.2 Å². The topological polar surface area (TPSA) is 86.5 Å². The molecule has 188 valence electrons. The Morgan fingerprint density at radius 3 is 2.73 bits per heavy atom. The third kappa shape index (κ3) is 5.23. The maximum absolute atomic E-state index is 6.25. The average Bonchev–Trinajstić information content (AvgIpc) is 3.22. The number of hydrogen-bond donors (Lipinski definition) is 1. The summed E-state index contributed by atoms with van der Waals surface area (Å²) in [4.78, 5) is 4.69. The zero-order chi connectivity index (χ0) is 25.8. The Morgan fingerprint density at radius 1 is 1.11 bits per heavy atom. The summed E-state index contributed by atoms with van der Waals surface area (Å²) < 4.78 is 14.5. The van der Waals surface area contributed by atoms with Gasteiger partial charge < -0.3 is 14.0 Å². The number of rotatable bonds is 9. The van der Waals surface area contributed by atoms with Crippen LogP contribution in [-0.2, 0) is 13.2 Å². The molecule has 5 aromatic rings. The number of aromatic nitrogens is 4. The fraction of sp³-hybridized carbons (Fsp3) is 0.185. The maximum atomic E-state index is 6.25. The molecule has 1 N–H and O–H groups in total. The first-order chi connectivity index (χ1) is 18.1. The lowest BCUT2D eigenvalue weighted by atomic mass is 10.2. The van der Waals surface area contributed by atoms with Crippen LogP contribution in [0.2, 0.25) is 5.02 Å². The number of benzene rings is 3. The third-order valence-electron chi connectivity index (χ3n) is 5.78. The zero-order valence-corrected chi connectivity index (χ0v) is 22.6. The highest BCUT2D eigenvalue weighted by Gasteiger charge is 2.15. The van der Waals surface area contributed by atoms with Crippen molar-refractivity contribution in [2.45, 2.75) is 26.5 Å². The van der Waals surface area contributed by atoms with Gasteiger partial charge in [-0.15, -0.1) is 10.2 Å². The summed E-state index contributed by atoms with van der Waals surface area (Å²) in [7, 11) is 1.59. The van der Waals surface area contributed by atoms with Crippen LogP contribution in [-0.4, -0.2) is 33.1 Å². The van der Waals surface area contributed by atoms with Crippen molar-refractivity contribution in [2.75, 3.05) is 12.5 Å². The molecule has 5 rings (SSSR count). The van der Waals surface area contributed by atoms with Crippen LogP contribution < -0.4 is 14.9 Å². The van der Waals surface area contributed by atoms with Gasteiger partial charge >= 0.3 is 0 Å². The first-order valence-corrected chi connectivity index (χ1v) is 12.9. The highest BCUT2D eigenvalue weighted by atomic mass is 79.9. The standard InChI is InChI=1S/C27H24BrClN6O2/c1-3-12-35-22-11-7-5-9-19(22)24-26(35)31-27(34-32-24)33-30-15-17-13-20(28)25(23(14-17)36-2)37-16-18-8-4-6-10-21(18)29/h4-11,13-15H,3,12,16H2,1-2H3,(H,31,33,34)/b30-15+. The van der Waals surface area contributed by atoms with E-state index in [-0.39, 0.29) is 0 Å². The molecule has 2 aromatic heterocycles. The lowest BCUT2D eigenvalue weighted by Gasteiger charge is -2.14. The summed E-state index contributed by atoms with van der Waals surface area (Å²) in [6.45, 7) is 3.29. The van der Waals surface area contributed by atoms with Crippen LogP contribution in [0.3, 0.4) is 0 Å². The molecule has 8 nitrogen and oxygen atoms in total. The average molecular weight is 580 g/mol. The molecule has 0 saturated heterocycles. The number of halogens is 2. The Labute approximate surface area is 227 Å². The predicted octanol–water partition coefficient (Wildman–Crippen LogP) is 6.84. The molecular weight excluding hydrogens is 556 g/mol. The fourth-order valence-corrected chi connectivity index (χ4v) is 4.85. The van der Waals surface area contributed by atoms with Crippen molar-refractivity contribution in [1.29, 1.82) is 0 Å². The molecular formula is C27H24BrClN6O2. The molecule has 2 heterocycles. The van der Waals surface area contributed by atoms with E-state index >= 15 is 0 Å². The van der Waals surface area contributed by atoms with Crippen LogP contribution in [0.5, 0.6) is 11.5 Å². The van der Waals surface area contributed by atoms with Gasteiger partial charge in [0.05, 0.1) is 23.3 Å². The summed E-state index contributed by atoms with van der Waals surface area (Å²) in [6.07, 6.45) is 2.63. The minimum absolute atomic E-state index is 0.311. The van der Waals surface area contributed by atoms with Crippen LogP contribution in [0, 0.1) is 0 Å². The van der Waals surface area contributed by atoms with E-state index in [0.717, 1.165) is 50.6 Å². The van der Waals surface area contributed by atoms with E-state index < -0.39 is 0 Å². The number of ether oxygens (including phenoxy) is 2. The number of fused-ring (bicyclic) bond motifs is 3. The molecule has 0 aliphatic carbocycles. The number of nitrogens with zero attached hydrogens (tertiary/aromatic N) is 5. The van der Waals surface area contributed by atoms with Crippen LogP contribution in [0.4, 0.5) is 5.95 Å². The van der Waals surface area contributed by atoms with Crippen LogP contribution in [0.15, 0.2) is 70.2 Å². The number of nitrogens with one attached hydrogen (secondary N) is 1. The summed E-state index contributed by atoms with van der Waals surface area (Å²) in [5, 5.41) is 14.6. The quantitative estimate of drug-likeness (QED) is 0.152. The Bertz CT molecular complexity index is 1600. The Hall–Kier alpha value is -3.69. The van der Waals surface area contributed by atoms with E-state index in [0.29, 0.717) is 29.1 Å². The predicted molar refractivity (Wildman–Crippen MR) is 151 cm³/mol. The number of para-hydroxylation sites is 1. The van der Waals surface area contributed by atoms with E-state index in [4.69, 9.17) is 21.1 Å². The Kier molecular flexibility index (Phi) is 7.52. The molecule has 0 saturated carbocycles. The van der Waals surface area contributed by atoms with Crippen molar-refractivity contribution >= 4 is 61.8 Å². The van der Waals surface area contributed by atoms with Gasteiger partial charge in [-0.2, -0.15) is 10.1 Å². The van der Waals surface area contributed by atoms with Gasteiger partial charge in [0, 0.05) is 22.5 Å². The van der Waals surface area contributed by atoms with Gasteiger partial charge in [0.25, 0.3) is 5.95 Å². The molecule has 0 unspecified atom stereocenters. The number of anilines is 1.